The number of nitrogens with one attached hydrogen (secondary N) is 2. The molecule has 3 N–H and O–H groups in total. The molecule has 2 aromatic rings. The lowest BCUT2D eigenvalue weighted by molar-refractivity contribution is -0.144. The second kappa shape index (κ2) is 7.25. The molecule has 0 unspecified atom stereocenters. The van der Waals surface area contributed by atoms with Gasteiger partial charge in [-0.3, -0.25) is 4.79 Å². The number of fused-ring (bicyclic) bond motifs is 1. The number of amides is 1. The zero-order valence-corrected chi connectivity index (χ0v) is 16.2. The van der Waals surface area contributed by atoms with Gasteiger partial charge >= 0.3 is 5.97 Å². The predicted octanol–water partition coefficient (Wildman–Crippen LogP) is 0.955. The fraction of sp³-hybridized carbons (Fsp3) is 0.263. The Morgan fingerprint density at radius 1 is 1.11 bits per heavy atom. The minimum atomic E-state index is -3.87. The summed E-state index contributed by atoms with van der Waals surface area (Å²) in [5.41, 5.74) is 0.255. The Balaban J connectivity index is 1.94. The van der Waals surface area contributed by atoms with Crippen LogP contribution < -0.4 is 14.8 Å². The number of carbonyl (C=O) groups excluding carboxylic acids is 1. The highest BCUT2D eigenvalue weighted by Gasteiger charge is 2.45. The molecule has 1 aliphatic carbocycles. The van der Waals surface area contributed by atoms with Crippen molar-refractivity contribution < 1.29 is 27.9 Å². The first-order chi connectivity index (χ1) is 13.2. The Hall–Kier alpha value is -2.91. The molecule has 9 heteroatoms. The van der Waals surface area contributed by atoms with Gasteiger partial charge in [-0.15, -0.1) is 0 Å². The van der Waals surface area contributed by atoms with Gasteiger partial charge in [0.1, 0.15) is 16.2 Å². The summed E-state index contributed by atoms with van der Waals surface area (Å²) in [6.45, 7) is 0. The molecule has 2 aromatic carbocycles. The Morgan fingerprint density at radius 2 is 1.71 bits per heavy atom. The summed E-state index contributed by atoms with van der Waals surface area (Å²) >= 11 is 0. The molecular formula is C19H20N2O6S. The van der Waals surface area contributed by atoms with Crippen molar-refractivity contribution in [2.45, 2.75) is 23.3 Å². The van der Waals surface area contributed by atoms with Gasteiger partial charge in [0.05, 0.1) is 7.11 Å². The van der Waals surface area contributed by atoms with E-state index in [1.54, 1.807) is 0 Å². The first-order valence-corrected chi connectivity index (χ1v) is 9.95. The van der Waals surface area contributed by atoms with Crippen molar-refractivity contribution in [3.05, 3.63) is 59.2 Å². The second-order valence-electron chi connectivity index (χ2n) is 6.54. The van der Waals surface area contributed by atoms with Crippen LogP contribution in [0.2, 0.25) is 0 Å². The SMILES string of the molecule is CNS(=O)(=O)c1cc(C(=O)NC2(C(=O)O)Cc3ccccc3C2)ccc1OC. The fourth-order valence-corrected chi connectivity index (χ4v) is 4.25. The molecule has 0 aromatic heterocycles. The van der Waals surface area contributed by atoms with Crippen LogP contribution >= 0.6 is 0 Å². The molecule has 0 radical (unpaired) electrons. The van der Waals surface area contributed by atoms with Crippen molar-refractivity contribution in [3.8, 4) is 5.75 Å². The lowest BCUT2D eigenvalue weighted by Crippen LogP contribution is -2.55. The summed E-state index contributed by atoms with van der Waals surface area (Å²) in [6, 6.07) is 11.2. The Labute approximate surface area is 162 Å². The van der Waals surface area contributed by atoms with Crippen molar-refractivity contribution in [1.29, 1.82) is 0 Å². The maximum atomic E-state index is 12.8. The third-order valence-corrected chi connectivity index (χ3v) is 6.28. The van der Waals surface area contributed by atoms with Crippen LogP contribution in [0.3, 0.4) is 0 Å². The topological polar surface area (TPSA) is 122 Å². The van der Waals surface area contributed by atoms with Crippen molar-refractivity contribution in [2.75, 3.05) is 14.2 Å². The summed E-state index contributed by atoms with van der Waals surface area (Å²) in [5, 5.41) is 12.4. The van der Waals surface area contributed by atoms with Crippen molar-refractivity contribution in [2.24, 2.45) is 0 Å². The van der Waals surface area contributed by atoms with E-state index in [0.717, 1.165) is 17.2 Å². The van der Waals surface area contributed by atoms with Crippen LogP contribution in [-0.2, 0) is 27.7 Å². The molecule has 0 saturated carbocycles. The van der Waals surface area contributed by atoms with Gasteiger partial charge in [-0.1, -0.05) is 24.3 Å². The maximum absolute atomic E-state index is 12.8. The van der Waals surface area contributed by atoms with Crippen molar-refractivity contribution in [1.82, 2.24) is 10.0 Å². The molecule has 0 atom stereocenters. The number of hydrogen-bond acceptors (Lipinski definition) is 5. The van der Waals surface area contributed by atoms with Crippen LogP contribution in [0.5, 0.6) is 5.75 Å². The second-order valence-corrected chi connectivity index (χ2v) is 8.39. The highest BCUT2D eigenvalue weighted by atomic mass is 32.2. The first kappa shape index (κ1) is 19.8. The van der Waals surface area contributed by atoms with E-state index in [-0.39, 0.29) is 29.1 Å². The zero-order chi connectivity index (χ0) is 20.5. The lowest BCUT2D eigenvalue weighted by Gasteiger charge is -2.25. The number of ether oxygens (including phenoxy) is 1. The van der Waals surface area contributed by atoms with Gasteiger partial charge < -0.3 is 15.2 Å². The highest BCUT2D eigenvalue weighted by molar-refractivity contribution is 7.89. The molecular weight excluding hydrogens is 384 g/mol. The molecule has 3 rings (SSSR count). The highest BCUT2D eigenvalue weighted by Crippen LogP contribution is 2.31. The molecule has 0 saturated heterocycles. The number of sulfonamides is 1. The number of carboxylic acid groups (broad SMARTS) is 1. The normalized spacial score (nSPS) is 14.9. The maximum Gasteiger partial charge on any atom is 0.330 e. The van der Waals surface area contributed by atoms with E-state index < -0.39 is 27.4 Å². The largest absolute Gasteiger partial charge is 0.495 e. The number of benzene rings is 2. The van der Waals surface area contributed by atoms with Gasteiger partial charge in [-0.05, 0) is 36.4 Å². The fourth-order valence-electron chi connectivity index (χ4n) is 3.34. The van der Waals surface area contributed by atoms with Crippen LogP contribution in [0.15, 0.2) is 47.4 Å². The smallest absolute Gasteiger partial charge is 0.330 e. The number of rotatable bonds is 6. The minimum Gasteiger partial charge on any atom is -0.495 e. The van der Waals surface area contributed by atoms with E-state index in [1.807, 2.05) is 24.3 Å². The van der Waals surface area contributed by atoms with Gasteiger partial charge in [0.2, 0.25) is 10.0 Å². The molecule has 0 heterocycles. The standard InChI is InChI=1S/C19H20N2O6S/c1-20-28(25,26)16-9-12(7-8-15(16)27-2)17(22)21-19(18(23)24)10-13-5-3-4-6-14(13)11-19/h3-9,20H,10-11H2,1-2H3,(H,21,22)(H,23,24). The monoisotopic (exact) mass is 404 g/mol. The number of hydrogen-bond donors (Lipinski definition) is 3. The molecule has 1 aliphatic rings. The molecule has 8 nitrogen and oxygen atoms in total. The van der Waals surface area contributed by atoms with Gasteiger partial charge in [0.25, 0.3) is 5.91 Å². The Bertz CT molecular complexity index is 1020. The zero-order valence-electron chi connectivity index (χ0n) is 15.4. The molecule has 0 spiro atoms. The summed E-state index contributed by atoms with van der Waals surface area (Å²) in [4.78, 5) is 24.6. The number of methoxy groups -OCH3 is 1. The summed E-state index contributed by atoms with van der Waals surface area (Å²) in [5.74, 6) is -1.74. The summed E-state index contributed by atoms with van der Waals surface area (Å²) < 4.78 is 31.6. The van der Waals surface area contributed by atoms with Crippen molar-refractivity contribution >= 4 is 21.9 Å². The predicted molar refractivity (Wildman–Crippen MR) is 101 cm³/mol. The van der Waals surface area contributed by atoms with E-state index in [9.17, 15) is 23.1 Å². The Morgan fingerprint density at radius 3 is 2.21 bits per heavy atom. The molecule has 148 valence electrons. The van der Waals surface area contributed by atoms with E-state index >= 15 is 0 Å². The van der Waals surface area contributed by atoms with E-state index in [0.29, 0.717) is 0 Å². The van der Waals surface area contributed by atoms with E-state index in [2.05, 4.69) is 10.0 Å². The summed E-state index contributed by atoms with van der Waals surface area (Å²) in [6.07, 6.45) is 0.310. The van der Waals surface area contributed by atoms with E-state index in [1.165, 1.54) is 26.3 Å². The van der Waals surface area contributed by atoms with Gasteiger partial charge in [0, 0.05) is 18.4 Å². The van der Waals surface area contributed by atoms with Crippen LogP contribution in [0, 0.1) is 0 Å². The van der Waals surface area contributed by atoms with Gasteiger partial charge in [-0.25, -0.2) is 17.9 Å². The third-order valence-electron chi connectivity index (χ3n) is 4.85. The average molecular weight is 404 g/mol. The number of carboxylic acids is 1. The van der Waals surface area contributed by atoms with Crippen molar-refractivity contribution in [3.63, 3.8) is 0 Å². The molecule has 1 amide bonds. The van der Waals surface area contributed by atoms with Crippen LogP contribution in [0.25, 0.3) is 0 Å². The average Bonchev–Trinajstić information content (AvgIpc) is 3.06. The molecule has 28 heavy (non-hydrogen) atoms. The quantitative estimate of drug-likeness (QED) is 0.659. The first-order valence-electron chi connectivity index (χ1n) is 8.47. The minimum absolute atomic E-state index is 0.0196. The van der Waals surface area contributed by atoms with E-state index in [4.69, 9.17) is 4.74 Å². The van der Waals surface area contributed by atoms with Gasteiger partial charge in [0.15, 0.2) is 0 Å². The number of aliphatic carboxylic acids is 1. The molecule has 0 fully saturated rings. The molecule has 0 bridgehead atoms. The lowest BCUT2D eigenvalue weighted by atomic mass is 9.95. The van der Waals surface area contributed by atoms with Crippen LogP contribution in [0.1, 0.15) is 21.5 Å². The van der Waals surface area contributed by atoms with Crippen LogP contribution in [0.4, 0.5) is 0 Å². The molecule has 0 aliphatic heterocycles. The number of carbonyl (C=O) groups is 2. The van der Waals surface area contributed by atoms with Crippen LogP contribution in [-0.4, -0.2) is 45.1 Å². The Kier molecular flexibility index (Phi) is 5.14. The third kappa shape index (κ3) is 3.46. The summed E-state index contributed by atoms with van der Waals surface area (Å²) in [7, 11) is -1.31. The van der Waals surface area contributed by atoms with Gasteiger partial charge in [-0.2, -0.15) is 0 Å².